The van der Waals surface area contributed by atoms with E-state index in [0.29, 0.717) is 17.9 Å². The molecule has 8 heteroatoms. The van der Waals surface area contributed by atoms with E-state index in [2.05, 4.69) is 21.2 Å². The molecule has 0 heterocycles. The number of nitrogens with one attached hydrogen (secondary N) is 3. The molecule has 158 valence electrons. The third-order valence-electron chi connectivity index (χ3n) is 4.03. The summed E-state index contributed by atoms with van der Waals surface area (Å²) in [6.45, 7) is 6.13. The van der Waals surface area contributed by atoms with Crippen molar-refractivity contribution in [3.05, 3.63) is 59.2 Å². The molecule has 3 amide bonds. The summed E-state index contributed by atoms with van der Waals surface area (Å²) in [6, 6.07) is 12.6. The number of hydrogen-bond acceptors (Lipinski definition) is 5. The molecule has 0 aliphatic heterocycles. The Labute approximate surface area is 175 Å². The van der Waals surface area contributed by atoms with Crippen molar-refractivity contribution >= 4 is 29.6 Å². The molecule has 0 atom stereocenters. The highest BCUT2D eigenvalue weighted by atomic mass is 16.5. The molecule has 0 aromatic heterocycles. The number of rotatable bonds is 8. The standard InChI is InChI=1S/C22H26N4O4/c1-4-11-23-21(28)22(29)26-24-13-17-6-8-18(9-7-17)30-14-20(27)25-19-10-5-15(2)12-16(19)3/h5-10,12-13H,4,11,14H2,1-3H3,(H,23,28)(H,25,27)(H,26,29)/b24-13-. The third-order valence-corrected chi connectivity index (χ3v) is 4.03. The lowest BCUT2D eigenvalue weighted by Crippen LogP contribution is -2.38. The smallest absolute Gasteiger partial charge is 0.329 e. The fourth-order valence-corrected chi connectivity index (χ4v) is 2.47. The van der Waals surface area contributed by atoms with Crippen LogP contribution in [0.25, 0.3) is 0 Å². The second kappa shape index (κ2) is 11.4. The van der Waals surface area contributed by atoms with Gasteiger partial charge in [0.25, 0.3) is 5.91 Å². The van der Waals surface area contributed by atoms with Crippen molar-refractivity contribution in [3.8, 4) is 5.75 Å². The quantitative estimate of drug-likeness (QED) is 0.352. The van der Waals surface area contributed by atoms with E-state index in [0.717, 1.165) is 23.2 Å². The largest absolute Gasteiger partial charge is 0.484 e. The first-order valence-corrected chi connectivity index (χ1v) is 9.60. The molecule has 0 fully saturated rings. The lowest BCUT2D eigenvalue weighted by atomic mass is 10.1. The van der Waals surface area contributed by atoms with Crippen LogP contribution >= 0.6 is 0 Å². The van der Waals surface area contributed by atoms with Gasteiger partial charge in [0.1, 0.15) is 5.75 Å². The minimum atomic E-state index is -0.825. The summed E-state index contributed by atoms with van der Waals surface area (Å²) in [6.07, 6.45) is 2.14. The fraction of sp³-hybridized carbons (Fsp3) is 0.273. The van der Waals surface area contributed by atoms with Crippen molar-refractivity contribution < 1.29 is 19.1 Å². The van der Waals surface area contributed by atoms with E-state index in [1.807, 2.05) is 39.0 Å². The Bertz CT molecular complexity index is 923. The zero-order valence-electron chi connectivity index (χ0n) is 17.3. The normalized spacial score (nSPS) is 10.5. The van der Waals surface area contributed by atoms with Crippen LogP contribution in [0.15, 0.2) is 47.6 Å². The van der Waals surface area contributed by atoms with Crippen LogP contribution in [0.1, 0.15) is 30.0 Å². The summed E-state index contributed by atoms with van der Waals surface area (Å²) in [5, 5.41) is 9.02. The molecular weight excluding hydrogens is 384 g/mol. The molecule has 0 saturated heterocycles. The molecule has 0 aliphatic rings. The van der Waals surface area contributed by atoms with E-state index in [4.69, 9.17) is 4.74 Å². The summed E-state index contributed by atoms with van der Waals surface area (Å²) >= 11 is 0. The molecule has 2 rings (SSSR count). The predicted molar refractivity (Wildman–Crippen MR) is 116 cm³/mol. The van der Waals surface area contributed by atoms with Gasteiger partial charge in [-0.3, -0.25) is 14.4 Å². The van der Waals surface area contributed by atoms with Gasteiger partial charge >= 0.3 is 11.8 Å². The third kappa shape index (κ3) is 7.38. The number of ether oxygens (including phenoxy) is 1. The molecule has 0 unspecified atom stereocenters. The number of amides is 3. The minimum absolute atomic E-state index is 0.121. The van der Waals surface area contributed by atoms with E-state index >= 15 is 0 Å². The summed E-state index contributed by atoms with van der Waals surface area (Å²) in [5.74, 6) is -1.28. The molecule has 30 heavy (non-hydrogen) atoms. The zero-order chi connectivity index (χ0) is 21.9. The van der Waals surface area contributed by atoms with Gasteiger partial charge in [0.05, 0.1) is 6.21 Å². The Kier molecular flexibility index (Phi) is 8.56. The first-order valence-electron chi connectivity index (χ1n) is 9.60. The van der Waals surface area contributed by atoms with Crippen LogP contribution in [0.5, 0.6) is 5.75 Å². The maximum Gasteiger partial charge on any atom is 0.329 e. The van der Waals surface area contributed by atoms with Crippen molar-refractivity contribution in [3.63, 3.8) is 0 Å². The Hall–Kier alpha value is -3.68. The Balaban J connectivity index is 1.79. The van der Waals surface area contributed by atoms with Gasteiger partial charge in [0.15, 0.2) is 6.61 Å². The average Bonchev–Trinajstić information content (AvgIpc) is 2.73. The first kappa shape index (κ1) is 22.6. The van der Waals surface area contributed by atoms with E-state index in [9.17, 15) is 14.4 Å². The molecule has 8 nitrogen and oxygen atoms in total. The lowest BCUT2D eigenvalue weighted by Gasteiger charge is -2.10. The topological polar surface area (TPSA) is 109 Å². The molecule has 2 aromatic carbocycles. The van der Waals surface area contributed by atoms with Crippen LogP contribution in [0.3, 0.4) is 0 Å². The van der Waals surface area contributed by atoms with Crippen molar-refractivity contribution in [2.45, 2.75) is 27.2 Å². The van der Waals surface area contributed by atoms with Crippen LogP contribution in [0.4, 0.5) is 5.69 Å². The highest BCUT2D eigenvalue weighted by Crippen LogP contribution is 2.16. The number of hydrogen-bond donors (Lipinski definition) is 3. The Morgan fingerprint density at radius 2 is 1.77 bits per heavy atom. The summed E-state index contributed by atoms with van der Waals surface area (Å²) in [5.41, 5.74) is 5.72. The summed E-state index contributed by atoms with van der Waals surface area (Å²) < 4.78 is 5.49. The van der Waals surface area contributed by atoms with E-state index in [1.165, 1.54) is 6.21 Å². The van der Waals surface area contributed by atoms with Crippen LogP contribution < -0.4 is 20.8 Å². The number of nitrogens with zero attached hydrogens (tertiary/aromatic N) is 1. The number of benzene rings is 2. The number of carbonyl (C=O) groups is 3. The van der Waals surface area contributed by atoms with Crippen molar-refractivity contribution in [1.82, 2.24) is 10.7 Å². The molecular formula is C22H26N4O4. The maximum absolute atomic E-state index is 12.1. The van der Waals surface area contributed by atoms with Crippen LogP contribution in [-0.2, 0) is 14.4 Å². The number of aryl methyl sites for hydroxylation is 2. The van der Waals surface area contributed by atoms with Crippen molar-refractivity contribution in [2.24, 2.45) is 5.10 Å². The highest BCUT2D eigenvalue weighted by molar-refractivity contribution is 6.35. The second-order valence-corrected chi connectivity index (χ2v) is 6.68. The van der Waals surface area contributed by atoms with Crippen LogP contribution in [-0.4, -0.2) is 37.1 Å². The molecule has 0 aliphatic carbocycles. The van der Waals surface area contributed by atoms with Gasteiger partial charge in [0, 0.05) is 12.2 Å². The first-order chi connectivity index (χ1) is 14.4. The number of hydrazone groups is 1. The second-order valence-electron chi connectivity index (χ2n) is 6.68. The van der Waals surface area contributed by atoms with E-state index in [1.54, 1.807) is 24.3 Å². The fourth-order valence-electron chi connectivity index (χ4n) is 2.47. The molecule has 3 N–H and O–H groups in total. The Morgan fingerprint density at radius 3 is 2.43 bits per heavy atom. The van der Waals surface area contributed by atoms with Crippen LogP contribution in [0.2, 0.25) is 0 Å². The highest BCUT2D eigenvalue weighted by Gasteiger charge is 2.10. The Morgan fingerprint density at radius 1 is 1.03 bits per heavy atom. The zero-order valence-corrected chi connectivity index (χ0v) is 17.3. The van der Waals surface area contributed by atoms with Gasteiger partial charge in [-0.1, -0.05) is 24.6 Å². The van der Waals surface area contributed by atoms with Gasteiger partial charge < -0.3 is 15.4 Å². The van der Waals surface area contributed by atoms with Gasteiger partial charge in [0.2, 0.25) is 0 Å². The van der Waals surface area contributed by atoms with Gasteiger partial charge in [-0.05, 0) is 61.7 Å². The lowest BCUT2D eigenvalue weighted by molar-refractivity contribution is -0.139. The number of carbonyl (C=O) groups excluding carboxylic acids is 3. The van der Waals surface area contributed by atoms with E-state index < -0.39 is 11.8 Å². The number of anilines is 1. The van der Waals surface area contributed by atoms with Crippen molar-refractivity contribution in [1.29, 1.82) is 0 Å². The maximum atomic E-state index is 12.1. The minimum Gasteiger partial charge on any atom is -0.484 e. The molecule has 0 saturated carbocycles. The average molecular weight is 410 g/mol. The molecule has 2 aromatic rings. The predicted octanol–water partition coefficient (Wildman–Crippen LogP) is 2.30. The molecule has 0 spiro atoms. The summed E-state index contributed by atoms with van der Waals surface area (Å²) in [7, 11) is 0. The SMILES string of the molecule is CCCNC(=O)C(=O)N/N=C\c1ccc(OCC(=O)Nc2ccc(C)cc2C)cc1. The van der Waals surface area contributed by atoms with Gasteiger partial charge in [-0.15, -0.1) is 0 Å². The summed E-state index contributed by atoms with van der Waals surface area (Å²) in [4.78, 5) is 35.0. The van der Waals surface area contributed by atoms with Crippen LogP contribution in [0, 0.1) is 13.8 Å². The van der Waals surface area contributed by atoms with Gasteiger partial charge in [-0.25, -0.2) is 5.43 Å². The molecule has 0 bridgehead atoms. The van der Waals surface area contributed by atoms with E-state index in [-0.39, 0.29) is 12.5 Å². The monoisotopic (exact) mass is 410 g/mol. The van der Waals surface area contributed by atoms with Gasteiger partial charge in [-0.2, -0.15) is 5.10 Å². The molecule has 0 radical (unpaired) electrons. The van der Waals surface area contributed by atoms with Crippen molar-refractivity contribution in [2.75, 3.05) is 18.5 Å².